The van der Waals surface area contributed by atoms with Crippen LogP contribution in [-0.2, 0) is 33.2 Å². The molecule has 1 unspecified atom stereocenters. The molecule has 1 aromatic carbocycles. The normalized spacial score (nSPS) is 12.9. The number of esters is 1. The van der Waals surface area contributed by atoms with Crippen LogP contribution in [0.3, 0.4) is 0 Å². The highest BCUT2D eigenvalue weighted by atomic mass is 19.4. The number of non-ortho nitro benzene ring substituents is 1. The quantitative estimate of drug-likeness (QED) is 0.310. The second kappa shape index (κ2) is 8.61. The third-order valence-corrected chi connectivity index (χ3v) is 3.68. The summed E-state index contributed by atoms with van der Waals surface area (Å²) in [6.07, 6.45) is -10.6. The Morgan fingerprint density at radius 3 is 2.35 bits per heavy atom. The van der Waals surface area contributed by atoms with Crippen LogP contribution >= 0.6 is 0 Å². The number of nitro benzene ring substituents is 1. The highest BCUT2D eigenvalue weighted by Crippen LogP contribution is 2.37. The van der Waals surface area contributed by atoms with Gasteiger partial charge in [0.2, 0.25) is 0 Å². The van der Waals surface area contributed by atoms with Crippen LogP contribution in [0.5, 0.6) is 0 Å². The van der Waals surface area contributed by atoms with E-state index < -0.39 is 64.4 Å². The molecular weight excluding hydrogens is 442 g/mol. The molecule has 15 heteroatoms. The number of halogens is 6. The first-order valence-corrected chi connectivity index (χ1v) is 8.15. The largest absolute Gasteiger partial charge is 0.451 e. The minimum Gasteiger partial charge on any atom is -0.451 e. The fourth-order valence-corrected chi connectivity index (χ4v) is 2.24. The van der Waals surface area contributed by atoms with Gasteiger partial charge in [-0.1, -0.05) is 0 Å². The lowest BCUT2D eigenvalue weighted by Gasteiger charge is -2.17. The number of ether oxygens (including phenoxy) is 1. The van der Waals surface area contributed by atoms with E-state index in [2.05, 4.69) is 9.84 Å². The Morgan fingerprint density at radius 1 is 1.19 bits per heavy atom. The molecule has 0 fully saturated rings. The number of carbonyl (C=O) groups excluding carboxylic acids is 2. The van der Waals surface area contributed by atoms with Crippen molar-refractivity contribution >= 4 is 23.3 Å². The molecule has 0 saturated heterocycles. The summed E-state index contributed by atoms with van der Waals surface area (Å²) < 4.78 is 82.1. The van der Waals surface area contributed by atoms with Crippen LogP contribution < -0.4 is 5.32 Å². The van der Waals surface area contributed by atoms with E-state index in [-0.39, 0.29) is 6.07 Å². The van der Waals surface area contributed by atoms with E-state index in [9.17, 15) is 46.0 Å². The Bertz CT molecular complexity index is 1000. The van der Waals surface area contributed by atoms with Crippen LogP contribution in [0.2, 0.25) is 0 Å². The Balaban J connectivity index is 2.06. The smallest absolute Gasteiger partial charge is 0.435 e. The van der Waals surface area contributed by atoms with Gasteiger partial charge in [-0.15, -0.1) is 0 Å². The van der Waals surface area contributed by atoms with Gasteiger partial charge < -0.3 is 10.1 Å². The number of nitrogens with one attached hydrogen (secondary N) is 1. The molecule has 0 bridgehead atoms. The summed E-state index contributed by atoms with van der Waals surface area (Å²) in [7, 11) is 0. The minimum absolute atomic E-state index is 0.224. The van der Waals surface area contributed by atoms with Crippen LogP contribution in [0, 0.1) is 10.1 Å². The molecule has 0 aliphatic rings. The average molecular weight is 454 g/mol. The van der Waals surface area contributed by atoms with E-state index in [1.54, 1.807) is 0 Å². The molecule has 0 saturated carbocycles. The average Bonchev–Trinajstić information content (AvgIpc) is 3.09. The van der Waals surface area contributed by atoms with E-state index in [1.807, 2.05) is 5.32 Å². The number of aromatic nitrogens is 2. The number of hydrogen-bond acceptors (Lipinski definition) is 6. The van der Waals surface area contributed by atoms with Crippen LogP contribution in [0.1, 0.15) is 18.2 Å². The molecule has 0 spiro atoms. The third kappa shape index (κ3) is 6.16. The van der Waals surface area contributed by atoms with E-state index >= 15 is 0 Å². The van der Waals surface area contributed by atoms with Crippen LogP contribution in [-0.4, -0.2) is 32.7 Å². The zero-order valence-corrected chi connectivity index (χ0v) is 15.3. The Morgan fingerprint density at radius 2 is 1.84 bits per heavy atom. The van der Waals surface area contributed by atoms with Gasteiger partial charge in [0.25, 0.3) is 11.6 Å². The van der Waals surface area contributed by atoms with Crippen molar-refractivity contribution in [2.75, 3.05) is 5.32 Å². The maximum absolute atomic E-state index is 13.1. The van der Waals surface area contributed by atoms with E-state index in [1.165, 1.54) is 0 Å². The second-order valence-corrected chi connectivity index (χ2v) is 6.00. The van der Waals surface area contributed by atoms with Gasteiger partial charge >= 0.3 is 18.3 Å². The maximum Gasteiger partial charge on any atom is 0.435 e. The van der Waals surface area contributed by atoms with Crippen molar-refractivity contribution < 1.29 is 45.6 Å². The number of nitro groups is 1. The topological polar surface area (TPSA) is 116 Å². The van der Waals surface area contributed by atoms with Gasteiger partial charge in [-0.05, 0) is 19.1 Å². The lowest BCUT2D eigenvalue weighted by molar-refractivity contribution is -0.385. The summed E-state index contributed by atoms with van der Waals surface area (Å²) in [6.45, 7) is 0.217. The van der Waals surface area contributed by atoms with Crippen molar-refractivity contribution in [2.45, 2.75) is 31.9 Å². The summed E-state index contributed by atoms with van der Waals surface area (Å²) in [5.74, 6) is -2.39. The van der Waals surface area contributed by atoms with Crippen molar-refractivity contribution in [3.05, 3.63) is 51.8 Å². The first kappa shape index (κ1) is 23.6. The number of hydrogen-bond donors (Lipinski definition) is 1. The van der Waals surface area contributed by atoms with Gasteiger partial charge in [-0.3, -0.25) is 24.4 Å². The molecule has 1 aromatic heterocycles. The standard InChI is InChI=1S/C16H12F6N4O5/c1-8(31-13(27)7-25-5-4-12(24-25)16(20,21)22)14(28)23-11-3-2-9(26(29)30)6-10(11)15(17,18)19/h2-6,8H,7H2,1H3,(H,23,28). The van der Waals surface area contributed by atoms with Gasteiger partial charge in [0.05, 0.1) is 16.2 Å². The molecule has 1 heterocycles. The minimum atomic E-state index is -5.04. The number of alkyl halides is 6. The molecule has 1 atom stereocenters. The highest BCUT2D eigenvalue weighted by molar-refractivity contribution is 5.95. The first-order valence-electron chi connectivity index (χ1n) is 8.15. The zero-order valence-electron chi connectivity index (χ0n) is 15.3. The highest BCUT2D eigenvalue weighted by Gasteiger charge is 2.36. The summed E-state index contributed by atoms with van der Waals surface area (Å²) in [4.78, 5) is 33.5. The number of anilines is 1. The van der Waals surface area contributed by atoms with Crippen LogP contribution in [0.15, 0.2) is 30.5 Å². The van der Waals surface area contributed by atoms with Crippen molar-refractivity contribution in [1.82, 2.24) is 9.78 Å². The number of amides is 1. The third-order valence-electron chi connectivity index (χ3n) is 3.68. The molecular formula is C16H12F6N4O5. The van der Waals surface area contributed by atoms with Gasteiger partial charge in [0, 0.05) is 18.3 Å². The first-order chi connectivity index (χ1) is 14.2. The molecule has 0 aliphatic carbocycles. The molecule has 2 rings (SSSR count). The fourth-order valence-electron chi connectivity index (χ4n) is 2.24. The van der Waals surface area contributed by atoms with Crippen molar-refractivity contribution in [3.63, 3.8) is 0 Å². The maximum atomic E-state index is 13.1. The summed E-state index contributed by atoms with van der Waals surface area (Å²) in [6, 6.07) is 2.23. The van der Waals surface area contributed by atoms with Gasteiger partial charge in [0.15, 0.2) is 11.8 Å². The SMILES string of the molecule is CC(OC(=O)Cn1ccc(C(F)(F)F)n1)C(=O)Nc1ccc([N+](=O)[O-])cc1C(F)(F)F. The number of carbonyl (C=O) groups is 2. The lowest BCUT2D eigenvalue weighted by atomic mass is 10.1. The van der Waals surface area contributed by atoms with Crippen molar-refractivity contribution in [2.24, 2.45) is 0 Å². The second-order valence-electron chi connectivity index (χ2n) is 6.00. The Hall–Kier alpha value is -3.65. The number of benzene rings is 1. The van der Waals surface area contributed by atoms with Crippen LogP contribution in [0.4, 0.5) is 37.7 Å². The molecule has 168 valence electrons. The van der Waals surface area contributed by atoms with Gasteiger partial charge in [0.1, 0.15) is 6.54 Å². The lowest BCUT2D eigenvalue weighted by Crippen LogP contribution is -2.32. The molecule has 1 N–H and O–H groups in total. The summed E-state index contributed by atoms with van der Waals surface area (Å²) >= 11 is 0. The van der Waals surface area contributed by atoms with E-state index in [0.717, 1.165) is 19.2 Å². The van der Waals surface area contributed by atoms with Gasteiger partial charge in [-0.2, -0.15) is 31.4 Å². The van der Waals surface area contributed by atoms with E-state index in [4.69, 9.17) is 0 Å². The molecule has 9 nitrogen and oxygen atoms in total. The Labute approximate surface area is 168 Å². The van der Waals surface area contributed by atoms with Crippen LogP contribution in [0.25, 0.3) is 0 Å². The van der Waals surface area contributed by atoms with Gasteiger partial charge in [-0.25, -0.2) is 0 Å². The zero-order chi connectivity index (χ0) is 23.6. The number of rotatable bonds is 6. The summed E-state index contributed by atoms with van der Waals surface area (Å²) in [5.41, 5.74) is -4.43. The van der Waals surface area contributed by atoms with Crippen molar-refractivity contribution in [1.29, 1.82) is 0 Å². The fraction of sp³-hybridized carbons (Fsp3) is 0.312. The van der Waals surface area contributed by atoms with E-state index in [0.29, 0.717) is 16.8 Å². The number of nitrogens with zero attached hydrogens (tertiary/aromatic N) is 3. The molecule has 0 radical (unpaired) electrons. The molecule has 1 amide bonds. The molecule has 31 heavy (non-hydrogen) atoms. The van der Waals surface area contributed by atoms with Crippen molar-refractivity contribution in [3.8, 4) is 0 Å². The predicted molar refractivity (Wildman–Crippen MR) is 89.5 cm³/mol. The predicted octanol–water partition coefficient (Wildman–Crippen LogP) is 3.40. The monoisotopic (exact) mass is 454 g/mol. The molecule has 2 aromatic rings. The molecule has 0 aliphatic heterocycles. The summed E-state index contributed by atoms with van der Waals surface area (Å²) in [5, 5.41) is 15.6. The Kier molecular flexibility index (Phi) is 6.56.